The highest BCUT2D eigenvalue weighted by Gasteiger charge is 2.45. The molecule has 2 N–H and O–H groups in total. The number of fused-ring (bicyclic) bond motifs is 1. The summed E-state index contributed by atoms with van der Waals surface area (Å²) in [6.45, 7) is 5.29. The molecule has 1 aliphatic carbocycles. The van der Waals surface area contributed by atoms with Crippen molar-refractivity contribution in [1.29, 1.82) is 0 Å². The summed E-state index contributed by atoms with van der Waals surface area (Å²) in [4.78, 5) is 14.5. The zero-order valence-corrected chi connectivity index (χ0v) is 12.6. The molecule has 5 heteroatoms. The predicted molar refractivity (Wildman–Crippen MR) is 79.0 cm³/mol. The summed E-state index contributed by atoms with van der Waals surface area (Å²) in [5, 5.41) is 0. The van der Waals surface area contributed by atoms with E-state index in [0.717, 1.165) is 29.9 Å². The molecule has 0 bridgehead atoms. The number of likely N-dealkylation sites (N-methyl/N-ethyl adjacent to an activating group) is 1. The minimum absolute atomic E-state index is 0.0326. The number of ether oxygens (including phenoxy) is 2. The molecule has 0 spiro atoms. The maximum absolute atomic E-state index is 12.7. The molecule has 1 saturated carbocycles. The fourth-order valence-electron chi connectivity index (χ4n) is 2.79. The first-order chi connectivity index (χ1) is 10.0. The first-order valence-corrected chi connectivity index (χ1v) is 7.49. The number of benzene rings is 1. The Morgan fingerprint density at radius 1 is 1.38 bits per heavy atom. The fraction of sp³-hybridized carbons (Fsp3) is 0.562. The van der Waals surface area contributed by atoms with Gasteiger partial charge in [-0.05, 0) is 50.3 Å². The quantitative estimate of drug-likeness (QED) is 0.899. The number of nitrogens with zero attached hydrogens (tertiary/aromatic N) is 1. The molecule has 1 aromatic rings. The van der Waals surface area contributed by atoms with Crippen molar-refractivity contribution in [3.8, 4) is 11.5 Å². The Hall–Kier alpha value is -1.75. The summed E-state index contributed by atoms with van der Waals surface area (Å²) in [5.41, 5.74) is 6.54. The highest BCUT2D eigenvalue weighted by molar-refractivity contribution is 5.86. The lowest BCUT2D eigenvalue weighted by molar-refractivity contribution is -0.137. The van der Waals surface area contributed by atoms with Crippen LogP contribution in [0.25, 0.3) is 0 Å². The van der Waals surface area contributed by atoms with Gasteiger partial charge < -0.3 is 20.1 Å². The van der Waals surface area contributed by atoms with Crippen LogP contribution in [0.4, 0.5) is 0 Å². The molecule has 0 radical (unpaired) electrons. The number of amides is 1. The molecular formula is C16H22N2O3. The van der Waals surface area contributed by atoms with Gasteiger partial charge in [0.15, 0.2) is 11.5 Å². The van der Waals surface area contributed by atoms with Gasteiger partial charge in [0.1, 0.15) is 0 Å². The fourth-order valence-corrected chi connectivity index (χ4v) is 2.79. The Bertz CT molecular complexity index is 552. The van der Waals surface area contributed by atoms with E-state index in [-0.39, 0.29) is 12.7 Å². The minimum atomic E-state index is -0.744. The van der Waals surface area contributed by atoms with Gasteiger partial charge in [-0.2, -0.15) is 0 Å². The largest absolute Gasteiger partial charge is 0.454 e. The van der Waals surface area contributed by atoms with E-state index in [9.17, 15) is 4.79 Å². The Labute approximate surface area is 125 Å². The van der Waals surface area contributed by atoms with Crippen LogP contribution in [0.1, 0.15) is 32.3 Å². The average molecular weight is 290 g/mol. The highest BCUT2D eigenvalue weighted by Crippen LogP contribution is 2.39. The molecule has 1 fully saturated rings. The van der Waals surface area contributed by atoms with Crippen LogP contribution in [-0.4, -0.2) is 29.7 Å². The SMILES string of the molecule is CCN(Cc1ccc2c(c1)OCO2)C(=O)C(C)(N)C1CC1. The van der Waals surface area contributed by atoms with Crippen LogP contribution >= 0.6 is 0 Å². The summed E-state index contributed by atoms with van der Waals surface area (Å²) < 4.78 is 10.7. The molecule has 1 amide bonds. The molecule has 0 aromatic heterocycles. The lowest BCUT2D eigenvalue weighted by Gasteiger charge is -2.31. The summed E-state index contributed by atoms with van der Waals surface area (Å²) in [5.74, 6) is 1.87. The van der Waals surface area contributed by atoms with Crippen molar-refractivity contribution in [3.05, 3.63) is 23.8 Å². The second-order valence-corrected chi connectivity index (χ2v) is 6.06. The minimum Gasteiger partial charge on any atom is -0.454 e. The number of nitrogens with two attached hydrogens (primary N) is 1. The first-order valence-electron chi connectivity index (χ1n) is 7.49. The van der Waals surface area contributed by atoms with Crippen LogP contribution in [0.5, 0.6) is 11.5 Å². The van der Waals surface area contributed by atoms with Crippen molar-refractivity contribution >= 4 is 5.91 Å². The van der Waals surface area contributed by atoms with Gasteiger partial charge in [-0.1, -0.05) is 6.07 Å². The van der Waals surface area contributed by atoms with E-state index < -0.39 is 5.54 Å². The molecule has 1 aliphatic heterocycles. The number of hydrogen-bond acceptors (Lipinski definition) is 4. The second-order valence-electron chi connectivity index (χ2n) is 6.06. The van der Waals surface area contributed by atoms with Crippen LogP contribution in [0.15, 0.2) is 18.2 Å². The normalized spacial score (nSPS) is 19.2. The zero-order chi connectivity index (χ0) is 15.0. The number of carbonyl (C=O) groups excluding carboxylic acids is 1. The predicted octanol–water partition coefficient (Wildman–Crippen LogP) is 1.89. The van der Waals surface area contributed by atoms with Gasteiger partial charge >= 0.3 is 0 Å². The summed E-state index contributed by atoms with van der Waals surface area (Å²) in [7, 11) is 0. The molecule has 1 atom stereocenters. The van der Waals surface area contributed by atoms with Gasteiger partial charge in [0.25, 0.3) is 0 Å². The van der Waals surface area contributed by atoms with E-state index in [4.69, 9.17) is 15.2 Å². The third-order valence-electron chi connectivity index (χ3n) is 4.37. The Balaban J connectivity index is 1.73. The van der Waals surface area contributed by atoms with E-state index in [1.807, 2.05) is 36.9 Å². The van der Waals surface area contributed by atoms with Crippen molar-refractivity contribution in [1.82, 2.24) is 4.90 Å². The number of hydrogen-bond donors (Lipinski definition) is 1. The van der Waals surface area contributed by atoms with Crippen LogP contribution in [-0.2, 0) is 11.3 Å². The summed E-state index contributed by atoms with van der Waals surface area (Å²) in [6.07, 6.45) is 2.11. The molecule has 3 rings (SSSR count). The molecule has 2 aliphatic rings. The van der Waals surface area contributed by atoms with Crippen LogP contribution in [0.2, 0.25) is 0 Å². The van der Waals surface area contributed by atoms with Crippen LogP contribution in [0.3, 0.4) is 0 Å². The molecule has 1 heterocycles. The highest BCUT2D eigenvalue weighted by atomic mass is 16.7. The third-order valence-corrected chi connectivity index (χ3v) is 4.37. The monoisotopic (exact) mass is 290 g/mol. The number of rotatable bonds is 5. The maximum atomic E-state index is 12.7. The van der Waals surface area contributed by atoms with Gasteiger partial charge in [-0.3, -0.25) is 4.79 Å². The van der Waals surface area contributed by atoms with Crippen molar-refractivity contribution in [2.24, 2.45) is 11.7 Å². The van der Waals surface area contributed by atoms with Gasteiger partial charge in [0.2, 0.25) is 12.7 Å². The molecular weight excluding hydrogens is 268 g/mol. The number of carbonyl (C=O) groups is 1. The van der Waals surface area contributed by atoms with Crippen molar-refractivity contribution < 1.29 is 14.3 Å². The van der Waals surface area contributed by atoms with E-state index in [1.54, 1.807) is 0 Å². The van der Waals surface area contributed by atoms with Gasteiger partial charge in [0, 0.05) is 13.1 Å². The van der Waals surface area contributed by atoms with Crippen molar-refractivity contribution in [2.45, 2.75) is 38.8 Å². The third kappa shape index (κ3) is 2.70. The molecule has 0 saturated heterocycles. The van der Waals surface area contributed by atoms with Crippen molar-refractivity contribution in [3.63, 3.8) is 0 Å². The van der Waals surface area contributed by atoms with Crippen LogP contribution < -0.4 is 15.2 Å². The van der Waals surface area contributed by atoms with Gasteiger partial charge in [-0.25, -0.2) is 0 Å². The van der Waals surface area contributed by atoms with Gasteiger partial charge in [-0.15, -0.1) is 0 Å². The lowest BCUT2D eigenvalue weighted by atomic mass is 9.95. The molecule has 1 unspecified atom stereocenters. The average Bonchev–Trinajstić information content (AvgIpc) is 3.23. The molecule has 114 valence electrons. The molecule has 1 aromatic carbocycles. The van der Waals surface area contributed by atoms with Gasteiger partial charge in [0.05, 0.1) is 5.54 Å². The zero-order valence-electron chi connectivity index (χ0n) is 12.6. The smallest absolute Gasteiger partial charge is 0.242 e. The molecule has 21 heavy (non-hydrogen) atoms. The standard InChI is InChI=1S/C16H22N2O3/c1-3-18(15(19)16(2,17)12-5-6-12)9-11-4-7-13-14(8-11)21-10-20-13/h4,7-8,12H,3,5-6,9-10,17H2,1-2H3. The van der Waals surface area contributed by atoms with Crippen LogP contribution in [0, 0.1) is 5.92 Å². The second kappa shape index (κ2) is 5.22. The topological polar surface area (TPSA) is 64.8 Å². The summed E-state index contributed by atoms with van der Waals surface area (Å²) >= 11 is 0. The van der Waals surface area contributed by atoms with E-state index in [1.165, 1.54) is 0 Å². The first kappa shape index (κ1) is 14.2. The maximum Gasteiger partial charge on any atom is 0.242 e. The Kier molecular flexibility index (Phi) is 3.53. The Morgan fingerprint density at radius 3 is 2.76 bits per heavy atom. The van der Waals surface area contributed by atoms with E-state index in [0.29, 0.717) is 19.0 Å². The Morgan fingerprint density at radius 2 is 2.10 bits per heavy atom. The molecule has 5 nitrogen and oxygen atoms in total. The van der Waals surface area contributed by atoms with Crippen molar-refractivity contribution in [2.75, 3.05) is 13.3 Å². The lowest BCUT2D eigenvalue weighted by Crippen LogP contribution is -2.54. The van der Waals surface area contributed by atoms with E-state index in [2.05, 4.69) is 0 Å². The summed E-state index contributed by atoms with van der Waals surface area (Å²) in [6, 6.07) is 5.79. The van der Waals surface area contributed by atoms with E-state index >= 15 is 0 Å².